The summed E-state index contributed by atoms with van der Waals surface area (Å²) in [5, 5.41) is 14.6. The molecule has 0 aromatic carbocycles. The van der Waals surface area contributed by atoms with E-state index in [0.717, 1.165) is 25.9 Å². The highest BCUT2D eigenvalue weighted by Gasteiger charge is 2.31. The lowest BCUT2D eigenvalue weighted by atomic mass is 9.92. The van der Waals surface area contributed by atoms with E-state index < -0.39 is 4.92 Å². The maximum Gasteiger partial charge on any atom is 0.353 e. The summed E-state index contributed by atoms with van der Waals surface area (Å²) in [5.41, 5.74) is 5.66. The van der Waals surface area contributed by atoms with Crippen LogP contribution in [0.5, 0.6) is 0 Å². The highest BCUT2D eigenvalue weighted by Crippen LogP contribution is 2.35. The predicted octanol–water partition coefficient (Wildman–Crippen LogP) is 2.66. The van der Waals surface area contributed by atoms with E-state index in [1.807, 2.05) is 18.7 Å². The molecule has 23 heavy (non-hydrogen) atoms. The van der Waals surface area contributed by atoms with Gasteiger partial charge >= 0.3 is 5.69 Å². The number of rotatable bonds is 5. The van der Waals surface area contributed by atoms with Crippen LogP contribution < -0.4 is 16.0 Å². The maximum atomic E-state index is 11.4. The first kappa shape index (κ1) is 17.2. The summed E-state index contributed by atoms with van der Waals surface area (Å²) in [4.78, 5) is 21.4. The van der Waals surface area contributed by atoms with Crippen LogP contribution in [0.1, 0.15) is 40.5 Å². The Labute approximate surface area is 136 Å². The first-order chi connectivity index (χ1) is 10.8. The van der Waals surface area contributed by atoms with E-state index in [4.69, 9.17) is 5.73 Å². The van der Waals surface area contributed by atoms with Crippen LogP contribution in [-0.4, -0.2) is 34.0 Å². The highest BCUT2D eigenvalue weighted by molar-refractivity contribution is 5.71. The van der Waals surface area contributed by atoms with E-state index in [1.165, 1.54) is 0 Å². The SMILES string of the molecule is CC[C@@H](C)Nc1nc(N)c([N+](=O)[O-])c(N2C[C@@H](C)C[C@H](C)C2)n1. The van der Waals surface area contributed by atoms with Gasteiger partial charge in [0.2, 0.25) is 17.6 Å². The zero-order valence-electron chi connectivity index (χ0n) is 14.2. The first-order valence-corrected chi connectivity index (χ1v) is 8.15. The molecule has 0 spiro atoms. The van der Waals surface area contributed by atoms with E-state index in [0.29, 0.717) is 23.6 Å². The van der Waals surface area contributed by atoms with Gasteiger partial charge < -0.3 is 16.0 Å². The Bertz CT molecular complexity index is 569. The molecule has 8 heteroatoms. The van der Waals surface area contributed by atoms with Crippen LogP contribution in [0, 0.1) is 22.0 Å². The third-order valence-corrected chi connectivity index (χ3v) is 4.23. The molecule has 2 heterocycles. The number of nitro groups is 1. The molecule has 128 valence electrons. The van der Waals surface area contributed by atoms with Gasteiger partial charge in [0.15, 0.2) is 0 Å². The topological polar surface area (TPSA) is 110 Å². The summed E-state index contributed by atoms with van der Waals surface area (Å²) in [5.74, 6) is 1.51. The number of nitrogens with one attached hydrogen (secondary N) is 1. The normalized spacial score (nSPS) is 22.7. The zero-order valence-corrected chi connectivity index (χ0v) is 14.2. The lowest BCUT2D eigenvalue weighted by Crippen LogP contribution is -2.39. The zero-order chi connectivity index (χ0) is 17.1. The van der Waals surface area contributed by atoms with E-state index in [2.05, 4.69) is 29.1 Å². The number of hydrogen-bond acceptors (Lipinski definition) is 7. The Hall–Kier alpha value is -2.12. The summed E-state index contributed by atoms with van der Waals surface area (Å²) in [6, 6.07) is 0.169. The molecule has 1 aromatic rings. The van der Waals surface area contributed by atoms with Gasteiger partial charge in [-0.2, -0.15) is 9.97 Å². The molecular formula is C15H26N6O2. The molecule has 1 fully saturated rings. The van der Waals surface area contributed by atoms with Crippen LogP contribution in [0.4, 0.5) is 23.3 Å². The molecule has 0 unspecified atom stereocenters. The van der Waals surface area contributed by atoms with E-state index in [1.54, 1.807) is 0 Å². The van der Waals surface area contributed by atoms with Gasteiger partial charge in [-0.15, -0.1) is 0 Å². The van der Waals surface area contributed by atoms with Gasteiger partial charge in [0, 0.05) is 19.1 Å². The molecule has 0 amide bonds. The van der Waals surface area contributed by atoms with Crippen molar-refractivity contribution in [1.29, 1.82) is 0 Å². The van der Waals surface area contributed by atoms with Gasteiger partial charge in [-0.05, 0) is 31.6 Å². The van der Waals surface area contributed by atoms with Crippen molar-refractivity contribution in [2.24, 2.45) is 11.8 Å². The molecule has 3 atom stereocenters. The van der Waals surface area contributed by atoms with Crippen molar-refractivity contribution >= 4 is 23.3 Å². The van der Waals surface area contributed by atoms with Gasteiger partial charge in [-0.25, -0.2) is 0 Å². The van der Waals surface area contributed by atoms with Crippen LogP contribution in [0.15, 0.2) is 0 Å². The Morgan fingerprint density at radius 3 is 2.52 bits per heavy atom. The van der Waals surface area contributed by atoms with Gasteiger partial charge in [-0.3, -0.25) is 10.1 Å². The Morgan fingerprint density at radius 1 is 1.39 bits per heavy atom. The van der Waals surface area contributed by atoms with Crippen LogP contribution in [0.3, 0.4) is 0 Å². The third kappa shape index (κ3) is 4.00. The van der Waals surface area contributed by atoms with Gasteiger partial charge in [0.1, 0.15) is 0 Å². The molecule has 2 rings (SSSR count). The number of nitrogens with zero attached hydrogens (tertiary/aromatic N) is 4. The molecule has 0 aliphatic carbocycles. The fourth-order valence-electron chi connectivity index (χ4n) is 3.08. The number of piperidine rings is 1. The summed E-state index contributed by atoms with van der Waals surface area (Å²) in [6.45, 7) is 9.83. The standard InChI is InChI=1S/C15H26N6O2/c1-5-11(4)17-15-18-13(16)12(21(22)23)14(19-15)20-7-9(2)6-10(3)8-20/h9-11H,5-8H2,1-4H3,(H3,16,17,18,19)/t9-,10-,11+/m0/s1. The predicted molar refractivity (Wildman–Crippen MR) is 91.6 cm³/mol. The second-order valence-corrected chi connectivity index (χ2v) is 6.67. The molecule has 8 nitrogen and oxygen atoms in total. The Morgan fingerprint density at radius 2 is 2.00 bits per heavy atom. The maximum absolute atomic E-state index is 11.4. The summed E-state index contributed by atoms with van der Waals surface area (Å²) in [6.07, 6.45) is 2.01. The van der Waals surface area contributed by atoms with Crippen LogP contribution >= 0.6 is 0 Å². The minimum atomic E-state index is -0.484. The van der Waals surface area contributed by atoms with Crippen molar-refractivity contribution in [1.82, 2.24) is 9.97 Å². The van der Waals surface area contributed by atoms with Gasteiger partial charge in [0.25, 0.3) is 0 Å². The second kappa shape index (κ2) is 6.97. The number of hydrogen-bond donors (Lipinski definition) is 2. The lowest BCUT2D eigenvalue weighted by Gasteiger charge is -2.35. The highest BCUT2D eigenvalue weighted by atomic mass is 16.6. The lowest BCUT2D eigenvalue weighted by molar-refractivity contribution is -0.383. The molecular weight excluding hydrogens is 296 g/mol. The van der Waals surface area contributed by atoms with E-state index in [-0.39, 0.29) is 17.5 Å². The Balaban J connectivity index is 2.43. The molecule has 0 radical (unpaired) electrons. The molecule has 3 N–H and O–H groups in total. The summed E-state index contributed by atoms with van der Waals surface area (Å²) >= 11 is 0. The average molecular weight is 322 g/mol. The average Bonchev–Trinajstić information content (AvgIpc) is 2.44. The minimum Gasteiger partial charge on any atom is -0.378 e. The largest absolute Gasteiger partial charge is 0.378 e. The summed E-state index contributed by atoms with van der Waals surface area (Å²) in [7, 11) is 0. The monoisotopic (exact) mass is 322 g/mol. The van der Waals surface area contributed by atoms with E-state index >= 15 is 0 Å². The quantitative estimate of drug-likeness (QED) is 0.633. The van der Waals surface area contributed by atoms with Gasteiger partial charge in [0.05, 0.1) is 4.92 Å². The van der Waals surface area contributed by atoms with Crippen LogP contribution in [-0.2, 0) is 0 Å². The number of nitrogen functional groups attached to an aromatic ring is 1. The minimum absolute atomic E-state index is 0.0864. The van der Waals surface area contributed by atoms with Gasteiger partial charge in [-0.1, -0.05) is 20.8 Å². The first-order valence-electron chi connectivity index (χ1n) is 8.15. The number of anilines is 3. The molecule has 1 aliphatic heterocycles. The smallest absolute Gasteiger partial charge is 0.353 e. The molecule has 1 saturated heterocycles. The van der Waals surface area contributed by atoms with Crippen molar-refractivity contribution in [2.45, 2.75) is 46.6 Å². The molecule has 0 saturated carbocycles. The number of nitrogens with two attached hydrogens (primary N) is 1. The van der Waals surface area contributed by atoms with Crippen molar-refractivity contribution in [3.8, 4) is 0 Å². The Kier molecular flexibility index (Phi) is 5.23. The van der Waals surface area contributed by atoms with Crippen molar-refractivity contribution < 1.29 is 4.92 Å². The third-order valence-electron chi connectivity index (χ3n) is 4.23. The van der Waals surface area contributed by atoms with E-state index in [9.17, 15) is 10.1 Å². The van der Waals surface area contributed by atoms with Crippen LogP contribution in [0.25, 0.3) is 0 Å². The fourth-order valence-corrected chi connectivity index (χ4v) is 3.08. The number of aromatic nitrogens is 2. The van der Waals surface area contributed by atoms with Crippen molar-refractivity contribution in [3.63, 3.8) is 0 Å². The fraction of sp³-hybridized carbons (Fsp3) is 0.733. The molecule has 1 aliphatic rings. The summed E-state index contributed by atoms with van der Waals surface area (Å²) < 4.78 is 0. The van der Waals surface area contributed by atoms with Crippen molar-refractivity contribution in [3.05, 3.63) is 10.1 Å². The van der Waals surface area contributed by atoms with Crippen molar-refractivity contribution in [2.75, 3.05) is 29.0 Å². The molecule has 1 aromatic heterocycles. The second-order valence-electron chi connectivity index (χ2n) is 6.67. The molecule has 0 bridgehead atoms. The van der Waals surface area contributed by atoms with Crippen LogP contribution in [0.2, 0.25) is 0 Å².